The maximum Gasteiger partial charge on any atom is 0.255 e. The summed E-state index contributed by atoms with van der Waals surface area (Å²) in [5.74, 6) is -0.410. The van der Waals surface area contributed by atoms with Crippen LogP contribution in [0.3, 0.4) is 0 Å². The molecule has 22 heavy (non-hydrogen) atoms. The Labute approximate surface area is 141 Å². The van der Waals surface area contributed by atoms with Crippen molar-refractivity contribution >= 4 is 35.2 Å². The average Bonchev–Trinajstić information content (AvgIpc) is 2.42. The summed E-state index contributed by atoms with van der Waals surface area (Å²) in [5, 5.41) is 3.26. The molecule has 6 heteroatoms. The molecule has 0 atom stereocenters. The van der Waals surface area contributed by atoms with Crippen LogP contribution in [0.2, 0.25) is 5.02 Å². The maximum absolute atomic E-state index is 12.6. The van der Waals surface area contributed by atoms with Crippen molar-refractivity contribution in [1.29, 1.82) is 0 Å². The standard InChI is InChI=1S/C16H23ClN2O2S/c1-6-19(10-14(20)18-16(2,3)4)15(21)12-9-11(22-5)7-8-13(12)17/h7-9H,6,10H2,1-5H3,(H,18,20). The second kappa shape index (κ2) is 7.88. The van der Waals surface area contributed by atoms with E-state index in [2.05, 4.69) is 5.32 Å². The Bertz CT molecular complexity index is 556. The lowest BCUT2D eigenvalue weighted by molar-refractivity contribution is -0.123. The van der Waals surface area contributed by atoms with Crippen molar-refractivity contribution in [3.05, 3.63) is 28.8 Å². The second-order valence-corrected chi connectivity index (χ2v) is 7.25. The van der Waals surface area contributed by atoms with Crippen molar-refractivity contribution in [2.75, 3.05) is 19.3 Å². The molecular formula is C16H23ClN2O2S. The zero-order valence-corrected chi connectivity index (χ0v) is 15.3. The van der Waals surface area contributed by atoms with E-state index in [9.17, 15) is 9.59 Å². The van der Waals surface area contributed by atoms with E-state index in [-0.39, 0.29) is 23.9 Å². The van der Waals surface area contributed by atoms with Crippen LogP contribution in [-0.4, -0.2) is 41.6 Å². The summed E-state index contributed by atoms with van der Waals surface area (Å²) in [4.78, 5) is 27.1. The number of hydrogen-bond acceptors (Lipinski definition) is 3. The largest absolute Gasteiger partial charge is 0.350 e. The summed E-state index contributed by atoms with van der Waals surface area (Å²) in [6, 6.07) is 5.34. The summed E-state index contributed by atoms with van der Waals surface area (Å²) in [7, 11) is 0. The van der Waals surface area contributed by atoms with Crippen molar-refractivity contribution < 1.29 is 9.59 Å². The fourth-order valence-electron chi connectivity index (χ4n) is 1.92. The van der Waals surface area contributed by atoms with E-state index in [1.807, 2.05) is 40.0 Å². The van der Waals surface area contributed by atoms with Crippen molar-refractivity contribution in [3.8, 4) is 0 Å². The molecule has 0 fully saturated rings. The predicted octanol–water partition coefficient (Wildman–Crippen LogP) is 3.44. The van der Waals surface area contributed by atoms with E-state index in [0.29, 0.717) is 17.1 Å². The molecule has 1 aromatic carbocycles. The van der Waals surface area contributed by atoms with Gasteiger partial charge in [0.2, 0.25) is 5.91 Å². The average molecular weight is 343 g/mol. The normalized spacial score (nSPS) is 11.2. The molecule has 4 nitrogen and oxygen atoms in total. The van der Waals surface area contributed by atoms with Gasteiger partial charge in [-0.25, -0.2) is 0 Å². The Morgan fingerprint density at radius 1 is 1.32 bits per heavy atom. The number of halogens is 1. The van der Waals surface area contributed by atoms with E-state index < -0.39 is 0 Å². The van der Waals surface area contributed by atoms with Gasteiger partial charge >= 0.3 is 0 Å². The molecule has 0 aliphatic carbocycles. The molecule has 0 aromatic heterocycles. The molecule has 0 bridgehead atoms. The molecule has 0 saturated heterocycles. The molecule has 0 spiro atoms. The highest BCUT2D eigenvalue weighted by molar-refractivity contribution is 7.98. The lowest BCUT2D eigenvalue weighted by Gasteiger charge is -2.25. The highest BCUT2D eigenvalue weighted by Crippen LogP contribution is 2.24. The zero-order valence-electron chi connectivity index (χ0n) is 13.7. The highest BCUT2D eigenvalue weighted by Gasteiger charge is 2.22. The molecule has 0 aliphatic rings. The fraction of sp³-hybridized carbons (Fsp3) is 0.500. The maximum atomic E-state index is 12.6. The Balaban J connectivity index is 2.91. The van der Waals surface area contributed by atoms with Crippen LogP contribution >= 0.6 is 23.4 Å². The van der Waals surface area contributed by atoms with E-state index in [4.69, 9.17) is 11.6 Å². The minimum Gasteiger partial charge on any atom is -0.350 e. The third-order valence-corrected chi connectivity index (χ3v) is 3.98. The Morgan fingerprint density at radius 2 is 1.95 bits per heavy atom. The van der Waals surface area contributed by atoms with Gasteiger partial charge in [-0.3, -0.25) is 9.59 Å². The second-order valence-electron chi connectivity index (χ2n) is 5.96. The number of amides is 2. The summed E-state index contributed by atoms with van der Waals surface area (Å²) >= 11 is 7.68. The van der Waals surface area contributed by atoms with Crippen molar-refractivity contribution in [1.82, 2.24) is 10.2 Å². The fourth-order valence-corrected chi connectivity index (χ4v) is 2.56. The Kier molecular flexibility index (Phi) is 6.75. The SMILES string of the molecule is CCN(CC(=O)NC(C)(C)C)C(=O)c1cc(SC)ccc1Cl. The molecule has 1 rings (SSSR count). The summed E-state index contributed by atoms with van der Waals surface area (Å²) in [6.45, 7) is 8.02. The minimum absolute atomic E-state index is 0.0203. The van der Waals surface area contributed by atoms with Gasteiger partial charge < -0.3 is 10.2 Å². The summed E-state index contributed by atoms with van der Waals surface area (Å²) in [6.07, 6.45) is 1.94. The minimum atomic E-state index is -0.323. The molecule has 1 aromatic rings. The topological polar surface area (TPSA) is 49.4 Å². The zero-order chi connectivity index (χ0) is 16.9. The van der Waals surface area contributed by atoms with Crippen molar-refractivity contribution in [2.45, 2.75) is 38.1 Å². The van der Waals surface area contributed by atoms with Crippen LogP contribution in [0.25, 0.3) is 0 Å². The molecule has 1 N–H and O–H groups in total. The van der Waals surface area contributed by atoms with Gasteiger partial charge in [0.05, 0.1) is 17.1 Å². The van der Waals surface area contributed by atoms with Gasteiger partial charge in [-0.05, 0) is 52.1 Å². The van der Waals surface area contributed by atoms with Gasteiger partial charge in [-0.2, -0.15) is 0 Å². The van der Waals surface area contributed by atoms with E-state index in [0.717, 1.165) is 4.90 Å². The number of carbonyl (C=O) groups excluding carboxylic acids is 2. The van der Waals surface area contributed by atoms with Crippen LogP contribution < -0.4 is 5.32 Å². The highest BCUT2D eigenvalue weighted by atomic mass is 35.5. The quantitative estimate of drug-likeness (QED) is 0.834. The number of nitrogens with zero attached hydrogens (tertiary/aromatic N) is 1. The van der Waals surface area contributed by atoms with Gasteiger partial charge in [0, 0.05) is 17.0 Å². The van der Waals surface area contributed by atoms with Gasteiger partial charge in [-0.15, -0.1) is 11.8 Å². The number of thioether (sulfide) groups is 1. The number of benzene rings is 1. The number of rotatable bonds is 5. The van der Waals surface area contributed by atoms with Crippen LogP contribution in [0, 0.1) is 0 Å². The Morgan fingerprint density at radius 3 is 2.45 bits per heavy atom. The van der Waals surface area contributed by atoms with Crippen LogP contribution in [0.15, 0.2) is 23.1 Å². The molecule has 0 saturated carbocycles. The lowest BCUT2D eigenvalue weighted by atomic mass is 10.1. The number of likely N-dealkylation sites (N-methyl/N-ethyl adjacent to an activating group) is 1. The summed E-state index contributed by atoms with van der Waals surface area (Å²) in [5.41, 5.74) is 0.106. The van der Waals surface area contributed by atoms with Crippen molar-refractivity contribution in [2.24, 2.45) is 0 Å². The summed E-state index contributed by atoms with van der Waals surface area (Å²) < 4.78 is 0. The third-order valence-electron chi connectivity index (χ3n) is 2.92. The first-order valence-electron chi connectivity index (χ1n) is 7.11. The lowest BCUT2D eigenvalue weighted by Crippen LogP contribution is -2.47. The molecule has 122 valence electrons. The monoisotopic (exact) mass is 342 g/mol. The molecular weight excluding hydrogens is 320 g/mol. The molecule has 0 aliphatic heterocycles. The smallest absolute Gasteiger partial charge is 0.255 e. The first-order valence-corrected chi connectivity index (χ1v) is 8.72. The van der Waals surface area contributed by atoms with E-state index in [1.54, 1.807) is 23.9 Å². The number of nitrogens with one attached hydrogen (secondary N) is 1. The van der Waals surface area contributed by atoms with Crippen LogP contribution in [0.1, 0.15) is 38.1 Å². The molecule has 0 unspecified atom stereocenters. The van der Waals surface area contributed by atoms with Crippen LogP contribution in [-0.2, 0) is 4.79 Å². The molecule has 0 radical (unpaired) electrons. The molecule has 2 amide bonds. The molecule has 0 heterocycles. The van der Waals surface area contributed by atoms with Gasteiger partial charge in [0.25, 0.3) is 5.91 Å². The van der Waals surface area contributed by atoms with Crippen LogP contribution in [0.5, 0.6) is 0 Å². The van der Waals surface area contributed by atoms with Gasteiger partial charge in [-0.1, -0.05) is 11.6 Å². The number of hydrogen-bond donors (Lipinski definition) is 1. The van der Waals surface area contributed by atoms with Gasteiger partial charge in [0.1, 0.15) is 0 Å². The van der Waals surface area contributed by atoms with Crippen molar-refractivity contribution in [3.63, 3.8) is 0 Å². The predicted molar refractivity (Wildman–Crippen MR) is 92.7 cm³/mol. The third kappa shape index (κ3) is 5.54. The van der Waals surface area contributed by atoms with E-state index in [1.165, 1.54) is 4.90 Å². The first-order chi connectivity index (χ1) is 10.2. The Hall–Kier alpha value is -1.20. The van der Waals surface area contributed by atoms with Crippen LogP contribution in [0.4, 0.5) is 0 Å². The van der Waals surface area contributed by atoms with E-state index >= 15 is 0 Å². The first kappa shape index (κ1) is 18.8. The number of carbonyl (C=O) groups is 2. The van der Waals surface area contributed by atoms with Gasteiger partial charge in [0.15, 0.2) is 0 Å².